The number of nitrogens with one attached hydrogen (secondary N) is 2. The van der Waals surface area contributed by atoms with E-state index in [-0.39, 0.29) is 28.4 Å². The second-order valence-electron chi connectivity index (χ2n) is 6.39. The minimum Gasteiger partial charge on any atom is -0.467 e. The maximum Gasteiger partial charge on any atom is 0.328 e. The lowest BCUT2D eigenvalue weighted by molar-refractivity contribution is -0.142. The van der Waals surface area contributed by atoms with Gasteiger partial charge in [-0.1, -0.05) is 36.4 Å². The normalized spacial score (nSPS) is 13.2. The van der Waals surface area contributed by atoms with Crippen molar-refractivity contribution >= 4 is 41.0 Å². The van der Waals surface area contributed by atoms with Crippen LogP contribution in [0.5, 0.6) is 0 Å². The lowest BCUT2D eigenvalue weighted by Gasteiger charge is -2.21. The standard InChI is InChI=1S/C21H20N2O5S/c1-28-20(26)16(10-11-29-2)23-21(27)22-15-9-5-8-14-17(15)19(25)13-7-4-3-6-12(13)18(14)24/h3-9,16H,10-11H2,1-2H3,(H2,22,23,27). The van der Waals surface area contributed by atoms with E-state index in [1.54, 1.807) is 42.5 Å². The Kier molecular flexibility index (Phi) is 6.33. The van der Waals surface area contributed by atoms with Gasteiger partial charge in [0.25, 0.3) is 0 Å². The Morgan fingerprint density at radius 3 is 2.31 bits per heavy atom. The quantitative estimate of drug-likeness (QED) is 0.604. The van der Waals surface area contributed by atoms with Crippen molar-refractivity contribution < 1.29 is 23.9 Å². The fourth-order valence-electron chi connectivity index (χ4n) is 3.19. The Morgan fingerprint density at radius 2 is 1.66 bits per heavy atom. The summed E-state index contributed by atoms with van der Waals surface area (Å²) < 4.78 is 4.73. The van der Waals surface area contributed by atoms with E-state index < -0.39 is 18.0 Å². The molecule has 0 heterocycles. The third-order valence-electron chi connectivity index (χ3n) is 4.60. The average Bonchev–Trinajstić information content (AvgIpc) is 2.74. The number of urea groups is 1. The summed E-state index contributed by atoms with van der Waals surface area (Å²) in [6.45, 7) is 0. The van der Waals surface area contributed by atoms with Gasteiger partial charge in [-0.2, -0.15) is 11.8 Å². The van der Waals surface area contributed by atoms with Crippen molar-refractivity contribution in [3.63, 3.8) is 0 Å². The number of anilines is 1. The molecule has 3 rings (SSSR count). The molecule has 0 saturated heterocycles. The molecule has 0 bridgehead atoms. The lowest BCUT2D eigenvalue weighted by Crippen LogP contribution is -2.44. The molecular formula is C21H20N2O5S. The van der Waals surface area contributed by atoms with Crippen LogP contribution in [-0.2, 0) is 9.53 Å². The lowest BCUT2D eigenvalue weighted by atomic mass is 9.83. The Morgan fingerprint density at radius 1 is 1.00 bits per heavy atom. The van der Waals surface area contributed by atoms with Crippen LogP contribution in [0.15, 0.2) is 42.5 Å². The molecule has 29 heavy (non-hydrogen) atoms. The zero-order valence-electron chi connectivity index (χ0n) is 16.0. The highest BCUT2D eigenvalue weighted by atomic mass is 32.2. The van der Waals surface area contributed by atoms with Crippen LogP contribution >= 0.6 is 11.8 Å². The first-order valence-corrected chi connectivity index (χ1v) is 10.3. The molecular weight excluding hydrogens is 392 g/mol. The molecule has 0 spiro atoms. The highest BCUT2D eigenvalue weighted by Crippen LogP contribution is 2.31. The average molecular weight is 412 g/mol. The summed E-state index contributed by atoms with van der Waals surface area (Å²) in [5, 5.41) is 5.17. The number of benzene rings is 2. The highest BCUT2D eigenvalue weighted by molar-refractivity contribution is 7.98. The van der Waals surface area contributed by atoms with E-state index in [1.165, 1.54) is 18.9 Å². The molecule has 2 aromatic carbocycles. The van der Waals surface area contributed by atoms with E-state index in [4.69, 9.17) is 4.74 Å². The zero-order chi connectivity index (χ0) is 21.0. The Labute approximate surface area is 172 Å². The topological polar surface area (TPSA) is 102 Å². The molecule has 2 N–H and O–H groups in total. The highest BCUT2D eigenvalue weighted by Gasteiger charge is 2.32. The molecule has 1 atom stereocenters. The molecule has 2 amide bonds. The van der Waals surface area contributed by atoms with Gasteiger partial charge < -0.3 is 15.4 Å². The Balaban J connectivity index is 1.86. The van der Waals surface area contributed by atoms with Crippen molar-refractivity contribution in [2.24, 2.45) is 0 Å². The number of fused-ring (bicyclic) bond motifs is 2. The minimum atomic E-state index is -0.815. The van der Waals surface area contributed by atoms with Gasteiger partial charge in [-0.05, 0) is 24.5 Å². The van der Waals surface area contributed by atoms with Crippen LogP contribution in [0.4, 0.5) is 10.5 Å². The SMILES string of the molecule is COC(=O)C(CCSC)NC(=O)Nc1cccc2c1C(=O)c1ccccc1C2=O. The summed E-state index contributed by atoms with van der Waals surface area (Å²) in [7, 11) is 1.25. The van der Waals surface area contributed by atoms with Gasteiger partial charge >= 0.3 is 12.0 Å². The van der Waals surface area contributed by atoms with Crippen molar-refractivity contribution in [2.75, 3.05) is 24.4 Å². The Bertz CT molecular complexity index is 989. The van der Waals surface area contributed by atoms with E-state index in [0.29, 0.717) is 23.3 Å². The van der Waals surface area contributed by atoms with Gasteiger partial charge in [-0.25, -0.2) is 9.59 Å². The van der Waals surface area contributed by atoms with Crippen molar-refractivity contribution in [1.82, 2.24) is 5.32 Å². The third kappa shape index (κ3) is 4.17. The number of esters is 1. The molecule has 7 nitrogen and oxygen atoms in total. The molecule has 8 heteroatoms. The van der Waals surface area contributed by atoms with Crippen LogP contribution in [0.3, 0.4) is 0 Å². The molecule has 0 fully saturated rings. The van der Waals surface area contributed by atoms with Gasteiger partial charge in [0, 0.05) is 16.7 Å². The zero-order valence-corrected chi connectivity index (χ0v) is 16.8. The van der Waals surface area contributed by atoms with Crippen LogP contribution in [0.2, 0.25) is 0 Å². The van der Waals surface area contributed by atoms with Crippen molar-refractivity contribution in [2.45, 2.75) is 12.5 Å². The molecule has 150 valence electrons. The van der Waals surface area contributed by atoms with Gasteiger partial charge in [0.05, 0.1) is 18.4 Å². The van der Waals surface area contributed by atoms with E-state index in [9.17, 15) is 19.2 Å². The van der Waals surface area contributed by atoms with Gasteiger partial charge in [0.15, 0.2) is 11.6 Å². The summed E-state index contributed by atoms with van der Waals surface area (Å²) >= 11 is 1.54. The second-order valence-corrected chi connectivity index (χ2v) is 7.37. The number of hydrogen-bond acceptors (Lipinski definition) is 6. The molecule has 0 radical (unpaired) electrons. The fraction of sp³-hybridized carbons (Fsp3) is 0.238. The maximum absolute atomic E-state index is 13.0. The Hall–Kier alpha value is -3.13. The van der Waals surface area contributed by atoms with Crippen LogP contribution in [0, 0.1) is 0 Å². The third-order valence-corrected chi connectivity index (χ3v) is 5.25. The van der Waals surface area contributed by atoms with Gasteiger partial charge in [0.2, 0.25) is 0 Å². The first-order chi connectivity index (χ1) is 14.0. The smallest absolute Gasteiger partial charge is 0.328 e. The largest absolute Gasteiger partial charge is 0.467 e. The number of rotatable bonds is 6. The van der Waals surface area contributed by atoms with E-state index in [1.807, 2.05) is 6.26 Å². The molecule has 0 aromatic heterocycles. The molecule has 1 unspecified atom stereocenters. The van der Waals surface area contributed by atoms with Crippen LogP contribution < -0.4 is 10.6 Å². The number of carbonyl (C=O) groups excluding carboxylic acids is 4. The van der Waals surface area contributed by atoms with E-state index >= 15 is 0 Å². The van der Waals surface area contributed by atoms with E-state index in [0.717, 1.165) is 0 Å². The predicted octanol–water partition coefficient (Wildman–Crippen LogP) is 2.88. The molecule has 0 aliphatic heterocycles. The second kappa shape index (κ2) is 8.91. The van der Waals surface area contributed by atoms with Gasteiger partial charge in [-0.15, -0.1) is 0 Å². The fourth-order valence-corrected chi connectivity index (χ4v) is 3.66. The summed E-state index contributed by atoms with van der Waals surface area (Å²) in [6.07, 6.45) is 2.30. The minimum absolute atomic E-state index is 0.144. The number of carbonyl (C=O) groups is 4. The molecule has 2 aromatic rings. The van der Waals surface area contributed by atoms with Gasteiger partial charge in [0.1, 0.15) is 6.04 Å². The first kappa shape index (κ1) is 20.6. The predicted molar refractivity (Wildman–Crippen MR) is 111 cm³/mol. The van der Waals surface area contributed by atoms with Gasteiger partial charge in [-0.3, -0.25) is 9.59 Å². The van der Waals surface area contributed by atoms with Crippen molar-refractivity contribution in [3.8, 4) is 0 Å². The van der Waals surface area contributed by atoms with Crippen LogP contribution in [0.25, 0.3) is 0 Å². The number of ketones is 2. The van der Waals surface area contributed by atoms with Crippen molar-refractivity contribution in [3.05, 3.63) is 64.7 Å². The monoisotopic (exact) mass is 412 g/mol. The number of ether oxygens (including phenoxy) is 1. The summed E-state index contributed by atoms with van der Waals surface area (Å²) in [4.78, 5) is 50.1. The summed E-state index contributed by atoms with van der Waals surface area (Å²) in [5.41, 5.74) is 1.23. The molecule has 0 saturated carbocycles. The number of thioether (sulfide) groups is 1. The van der Waals surface area contributed by atoms with Crippen LogP contribution in [0.1, 0.15) is 38.3 Å². The van der Waals surface area contributed by atoms with E-state index in [2.05, 4.69) is 10.6 Å². The number of hydrogen-bond donors (Lipinski definition) is 2. The van der Waals surface area contributed by atoms with Crippen molar-refractivity contribution in [1.29, 1.82) is 0 Å². The molecule has 1 aliphatic carbocycles. The van der Waals surface area contributed by atoms with Crippen LogP contribution in [-0.4, -0.2) is 48.7 Å². The first-order valence-electron chi connectivity index (χ1n) is 8.93. The summed E-state index contributed by atoms with van der Waals surface area (Å²) in [6, 6.07) is 9.81. The summed E-state index contributed by atoms with van der Waals surface area (Å²) in [5.74, 6) is -0.501. The maximum atomic E-state index is 13.0. The molecule has 1 aliphatic rings. The number of amides is 2. The number of methoxy groups -OCH3 is 1.